The Morgan fingerprint density at radius 2 is 1.69 bits per heavy atom. The number of methoxy groups -OCH3 is 1. The maximum absolute atomic E-state index is 13.3. The van der Waals surface area contributed by atoms with Gasteiger partial charge in [0.25, 0.3) is 11.8 Å². The zero-order valence-corrected chi connectivity index (χ0v) is 24.0. The third kappa shape index (κ3) is 6.70. The van der Waals surface area contributed by atoms with E-state index in [1.54, 1.807) is 30.3 Å². The molecular weight excluding hydrogens is 532 g/mol. The third-order valence-corrected chi connectivity index (χ3v) is 7.58. The molecule has 0 aliphatic carbocycles. The molecule has 3 N–H and O–H groups in total. The number of piperidine rings is 1. The molecule has 2 heterocycles. The number of hydroxylamine groups is 1. The average molecular weight is 569 g/mol. The summed E-state index contributed by atoms with van der Waals surface area (Å²) >= 11 is 0. The lowest BCUT2D eigenvalue weighted by atomic mass is 9.96. The number of aryl methyl sites for hydroxylation is 1. The Morgan fingerprint density at radius 1 is 0.952 bits per heavy atom. The summed E-state index contributed by atoms with van der Waals surface area (Å²) in [4.78, 5) is 46.0. The van der Waals surface area contributed by atoms with Crippen LogP contribution in [0.4, 0.5) is 11.4 Å². The Bertz CT molecular complexity index is 1480. The smallest absolute Gasteiger partial charge is 0.338 e. The number of carbonyl (C=O) groups excluding carboxylic acids is 3. The van der Waals surface area contributed by atoms with Crippen molar-refractivity contribution in [3.05, 3.63) is 94.5 Å². The molecule has 9 heteroatoms. The van der Waals surface area contributed by atoms with Crippen molar-refractivity contribution in [3.63, 3.8) is 0 Å². The molecule has 42 heavy (non-hydrogen) atoms. The molecule has 218 valence electrons. The zero-order valence-electron chi connectivity index (χ0n) is 24.0. The summed E-state index contributed by atoms with van der Waals surface area (Å²) in [6, 6.07) is 20.0. The van der Waals surface area contributed by atoms with Gasteiger partial charge in [0.05, 0.1) is 36.2 Å². The Morgan fingerprint density at radius 3 is 2.40 bits per heavy atom. The minimum Gasteiger partial charge on any atom is -0.465 e. The predicted octanol–water partition coefficient (Wildman–Crippen LogP) is 5.25. The van der Waals surface area contributed by atoms with Crippen LogP contribution in [-0.4, -0.2) is 56.0 Å². The van der Waals surface area contributed by atoms with Crippen LogP contribution >= 0.6 is 0 Å². The van der Waals surface area contributed by atoms with Gasteiger partial charge in [0.1, 0.15) is 0 Å². The predicted molar refractivity (Wildman–Crippen MR) is 163 cm³/mol. The molecule has 5 rings (SSSR count). The van der Waals surface area contributed by atoms with Crippen LogP contribution in [0.3, 0.4) is 0 Å². The number of nitrogens with zero attached hydrogens (tertiary/aromatic N) is 1. The van der Waals surface area contributed by atoms with Crippen LogP contribution in [0.25, 0.3) is 11.3 Å². The van der Waals surface area contributed by atoms with E-state index in [0.717, 1.165) is 31.6 Å². The molecule has 1 saturated heterocycles. The number of amides is 2. The fourth-order valence-corrected chi connectivity index (χ4v) is 5.36. The van der Waals surface area contributed by atoms with Crippen molar-refractivity contribution in [2.45, 2.75) is 32.6 Å². The van der Waals surface area contributed by atoms with Gasteiger partial charge in [0, 0.05) is 23.4 Å². The number of carbonyl (C=O) groups is 3. The van der Waals surface area contributed by atoms with Gasteiger partial charge in [-0.25, -0.2) is 10.3 Å². The van der Waals surface area contributed by atoms with Crippen molar-refractivity contribution >= 4 is 40.4 Å². The Labute approximate surface area is 245 Å². The summed E-state index contributed by atoms with van der Waals surface area (Å²) in [5, 5.41) is 6.28. The molecule has 0 radical (unpaired) electrons. The van der Waals surface area contributed by atoms with E-state index in [9.17, 15) is 14.4 Å². The molecule has 1 fully saturated rings. The topological polar surface area (TPSA) is 109 Å². The van der Waals surface area contributed by atoms with E-state index in [-0.39, 0.29) is 11.8 Å². The fraction of sp³-hybridized carbons (Fsp3) is 0.303. The first-order valence-electron chi connectivity index (χ1n) is 14.3. The second kappa shape index (κ2) is 13.5. The van der Waals surface area contributed by atoms with Gasteiger partial charge in [-0.3, -0.25) is 14.4 Å². The maximum atomic E-state index is 13.3. The van der Waals surface area contributed by atoms with Gasteiger partial charge in [0.2, 0.25) is 0 Å². The molecule has 3 aromatic rings. The lowest BCUT2D eigenvalue weighted by Gasteiger charge is -2.26. The molecule has 9 nitrogen and oxygen atoms in total. The summed E-state index contributed by atoms with van der Waals surface area (Å²) in [7, 11) is 1.33. The Hall–Kier alpha value is -4.47. The van der Waals surface area contributed by atoms with E-state index in [1.807, 2.05) is 43.3 Å². The van der Waals surface area contributed by atoms with Crippen LogP contribution in [-0.2, 0) is 14.4 Å². The van der Waals surface area contributed by atoms with E-state index in [0.29, 0.717) is 51.5 Å². The number of fused-ring (bicyclic) bond motifs is 1. The van der Waals surface area contributed by atoms with Crippen LogP contribution < -0.4 is 16.1 Å². The number of anilines is 2. The SMILES string of the molecule is COC(=O)c1cc2c(cc1C)/C(=C(/Nc1ccc(C(=O)NOCCCN3CCCCC3)cc1)c1ccccc1)C(=O)N2. The number of nitrogens with one attached hydrogen (secondary N) is 3. The molecule has 2 amide bonds. The summed E-state index contributed by atoms with van der Waals surface area (Å²) in [5.41, 5.74) is 7.88. The number of benzene rings is 3. The van der Waals surface area contributed by atoms with E-state index in [4.69, 9.17) is 9.57 Å². The standard InChI is InChI=1S/C33H36N4O5/c1-22-20-27-28(21-26(22)33(40)41-2)35-32(39)29(27)30(23-10-5-3-6-11-23)34-25-14-12-24(13-15-25)31(38)36-42-19-9-18-37-16-7-4-8-17-37/h3,5-6,10-15,20-21,34H,4,7-9,16-19H2,1-2H3,(H,35,39)(H,36,38)/b30-29-. The van der Waals surface area contributed by atoms with Crippen LogP contribution in [0.1, 0.15) is 63.1 Å². The monoisotopic (exact) mass is 568 g/mol. The molecule has 0 bridgehead atoms. The second-order valence-electron chi connectivity index (χ2n) is 10.5. The summed E-state index contributed by atoms with van der Waals surface area (Å²) in [6.45, 7) is 5.53. The first-order chi connectivity index (χ1) is 20.4. The normalized spacial score (nSPS) is 15.9. The first-order valence-corrected chi connectivity index (χ1v) is 14.3. The number of esters is 1. The number of likely N-dealkylation sites (tertiary alicyclic amines) is 1. The van der Waals surface area contributed by atoms with Crippen molar-refractivity contribution < 1.29 is 24.0 Å². The van der Waals surface area contributed by atoms with Gasteiger partial charge in [0.15, 0.2) is 0 Å². The largest absolute Gasteiger partial charge is 0.465 e. The number of ether oxygens (including phenoxy) is 1. The Kier molecular flexibility index (Phi) is 9.31. The van der Waals surface area contributed by atoms with Crippen molar-refractivity contribution in [1.82, 2.24) is 10.4 Å². The molecule has 0 unspecified atom stereocenters. The highest BCUT2D eigenvalue weighted by Gasteiger charge is 2.30. The fourth-order valence-electron chi connectivity index (χ4n) is 5.36. The van der Waals surface area contributed by atoms with Gasteiger partial charge in [-0.1, -0.05) is 36.8 Å². The van der Waals surface area contributed by atoms with Crippen LogP contribution in [0, 0.1) is 6.92 Å². The van der Waals surface area contributed by atoms with Crippen LogP contribution in [0.15, 0.2) is 66.7 Å². The van der Waals surface area contributed by atoms with E-state index in [1.165, 1.54) is 26.4 Å². The second-order valence-corrected chi connectivity index (χ2v) is 10.5. The van der Waals surface area contributed by atoms with Gasteiger partial charge >= 0.3 is 5.97 Å². The first kappa shape index (κ1) is 29.0. The van der Waals surface area contributed by atoms with Gasteiger partial charge in [-0.15, -0.1) is 0 Å². The minimum absolute atomic E-state index is 0.286. The third-order valence-electron chi connectivity index (χ3n) is 7.58. The highest BCUT2D eigenvalue weighted by molar-refractivity contribution is 6.37. The number of hydrogen-bond donors (Lipinski definition) is 3. The molecular formula is C33H36N4O5. The minimum atomic E-state index is -0.463. The van der Waals surface area contributed by atoms with E-state index >= 15 is 0 Å². The lowest BCUT2D eigenvalue weighted by Crippen LogP contribution is -2.32. The van der Waals surface area contributed by atoms with Crippen LogP contribution in [0.2, 0.25) is 0 Å². The van der Waals surface area contributed by atoms with Crippen molar-refractivity contribution in [3.8, 4) is 0 Å². The van der Waals surface area contributed by atoms with Gasteiger partial charge < -0.3 is 20.3 Å². The summed E-state index contributed by atoms with van der Waals surface area (Å²) < 4.78 is 4.89. The summed E-state index contributed by atoms with van der Waals surface area (Å²) in [6.07, 6.45) is 4.68. The lowest BCUT2D eigenvalue weighted by molar-refractivity contribution is -0.110. The highest BCUT2D eigenvalue weighted by atomic mass is 16.6. The molecule has 0 saturated carbocycles. The molecule has 0 atom stereocenters. The molecule has 3 aromatic carbocycles. The number of hydrogen-bond acceptors (Lipinski definition) is 7. The summed E-state index contributed by atoms with van der Waals surface area (Å²) in [5.74, 6) is -1.07. The number of rotatable bonds is 10. The molecule has 2 aliphatic heterocycles. The van der Waals surface area contributed by atoms with Crippen molar-refractivity contribution in [2.24, 2.45) is 0 Å². The van der Waals surface area contributed by atoms with Crippen LogP contribution in [0.5, 0.6) is 0 Å². The van der Waals surface area contributed by atoms with E-state index < -0.39 is 5.97 Å². The molecule has 0 spiro atoms. The van der Waals surface area contributed by atoms with Gasteiger partial charge in [-0.2, -0.15) is 0 Å². The maximum Gasteiger partial charge on any atom is 0.338 e. The quantitative estimate of drug-likeness (QED) is 0.133. The zero-order chi connectivity index (χ0) is 29.5. The average Bonchev–Trinajstić information content (AvgIpc) is 3.34. The highest BCUT2D eigenvalue weighted by Crippen LogP contribution is 2.39. The van der Waals surface area contributed by atoms with Gasteiger partial charge in [-0.05, 0) is 86.8 Å². The molecule has 2 aliphatic rings. The molecule has 0 aromatic heterocycles. The van der Waals surface area contributed by atoms with Crippen molar-refractivity contribution in [1.29, 1.82) is 0 Å². The van der Waals surface area contributed by atoms with Crippen molar-refractivity contribution in [2.75, 3.05) is 44.0 Å². The van der Waals surface area contributed by atoms with E-state index in [2.05, 4.69) is 21.0 Å². The Balaban J connectivity index is 1.31.